The normalized spacial score (nSPS) is 22.9. The molecule has 2 rings (SSSR count). The Kier molecular flexibility index (Phi) is 4.91. The summed E-state index contributed by atoms with van der Waals surface area (Å²) in [5.41, 5.74) is 0.488. The van der Waals surface area contributed by atoms with E-state index in [-0.39, 0.29) is 18.2 Å². The lowest BCUT2D eigenvalue weighted by Gasteiger charge is -2.26. The second-order valence-electron chi connectivity index (χ2n) is 4.71. The second kappa shape index (κ2) is 6.46. The van der Waals surface area contributed by atoms with Crippen LogP contribution >= 0.6 is 23.2 Å². The highest BCUT2D eigenvalue weighted by Crippen LogP contribution is 2.29. The first kappa shape index (κ1) is 14.4. The van der Waals surface area contributed by atoms with Gasteiger partial charge in [0.05, 0.1) is 21.8 Å². The average Bonchev–Trinajstić information content (AvgIpc) is 2.38. The Bertz CT molecular complexity index is 460. The molecule has 4 nitrogen and oxygen atoms in total. The minimum Gasteiger partial charge on any atom is -0.393 e. The number of hydrogen-bond acceptors (Lipinski definition) is 2. The van der Waals surface area contributed by atoms with Crippen LogP contribution in [-0.4, -0.2) is 23.3 Å². The molecule has 1 fully saturated rings. The van der Waals surface area contributed by atoms with Crippen molar-refractivity contribution in [3.8, 4) is 0 Å². The zero-order chi connectivity index (χ0) is 13.8. The SMILES string of the molecule is O=C(Nc1cccc(Cl)c1Cl)NC1CCC(O)CC1. The summed E-state index contributed by atoms with van der Waals surface area (Å²) in [5.74, 6) is 0. The number of anilines is 1. The van der Waals surface area contributed by atoms with Crippen molar-refractivity contribution in [2.45, 2.75) is 37.8 Å². The van der Waals surface area contributed by atoms with Crippen LogP contribution in [0.1, 0.15) is 25.7 Å². The lowest BCUT2D eigenvalue weighted by Crippen LogP contribution is -2.40. The fourth-order valence-electron chi connectivity index (χ4n) is 2.16. The van der Waals surface area contributed by atoms with Crippen LogP contribution in [0.15, 0.2) is 18.2 Å². The van der Waals surface area contributed by atoms with Crippen LogP contribution in [0.5, 0.6) is 0 Å². The number of hydrogen-bond donors (Lipinski definition) is 3. The van der Waals surface area contributed by atoms with Gasteiger partial charge in [0.15, 0.2) is 0 Å². The van der Waals surface area contributed by atoms with Gasteiger partial charge in [-0.15, -0.1) is 0 Å². The van der Waals surface area contributed by atoms with Crippen molar-refractivity contribution in [1.82, 2.24) is 5.32 Å². The summed E-state index contributed by atoms with van der Waals surface area (Å²) in [5, 5.41) is 15.7. The number of carbonyl (C=O) groups excluding carboxylic acids is 1. The van der Waals surface area contributed by atoms with Gasteiger partial charge in [-0.3, -0.25) is 0 Å². The maximum atomic E-state index is 11.8. The van der Waals surface area contributed by atoms with E-state index in [1.54, 1.807) is 18.2 Å². The molecule has 0 aromatic heterocycles. The molecule has 1 aromatic carbocycles. The number of carbonyl (C=O) groups is 1. The Balaban J connectivity index is 1.89. The Hall–Kier alpha value is -0.970. The quantitative estimate of drug-likeness (QED) is 0.784. The summed E-state index contributed by atoms with van der Waals surface area (Å²) in [6, 6.07) is 4.88. The fraction of sp³-hybridized carbons (Fsp3) is 0.462. The van der Waals surface area contributed by atoms with Crippen LogP contribution in [0.4, 0.5) is 10.5 Å². The molecular formula is C13H16Cl2N2O2. The maximum Gasteiger partial charge on any atom is 0.319 e. The van der Waals surface area contributed by atoms with Crippen LogP contribution in [0.3, 0.4) is 0 Å². The first-order valence-electron chi connectivity index (χ1n) is 6.26. The van der Waals surface area contributed by atoms with Crippen LogP contribution in [0.2, 0.25) is 10.0 Å². The maximum absolute atomic E-state index is 11.8. The van der Waals surface area contributed by atoms with E-state index in [1.165, 1.54) is 0 Å². The molecule has 6 heteroatoms. The Morgan fingerprint density at radius 2 is 1.89 bits per heavy atom. The van der Waals surface area contributed by atoms with Crippen LogP contribution in [-0.2, 0) is 0 Å². The summed E-state index contributed by atoms with van der Waals surface area (Å²) in [7, 11) is 0. The highest BCUT2D eigenvalue weighted by Gasteiger charge is 2.21. The summed E-state index contributed by atoms with van der Waals surface area (Å²) in [4.78, 5) is 11.8. The molecule has 1 aromatic rings. The molecule has 19 heavy (non-hydrogen) atoms. The summed E-state index contributed by atoms with van der Waals surface area (Å²) < 4.78 is 0. The van der Waals surface area contributed by atoms with E-state index in [0.29, 0.717) is 15.7 Å². The average molecular weight is 303 g/mol. The molecule has 1 aliphatic carbocycles. The number of urea groups is 1. The van der Waals surface area contributed by atoms with Crippen molar-refractivity contribution in [3.05, 3.63) is 28.2 Å². The van der Waals surface area contributed by atoms with E-state index in [4.69, 9.17) is 23.2 Å². The van der Waals surface area contributed by atoms with E-state index >= 15 is 0 Å². The van der Waals surface area contributed by atoms with Crippen molar-refractivity contribution in [2.75, 3.05) is 5.32 Å². The summed E-state index contributed by atoms with van der Waals surface area (Å²) >= 11 is 11.9. The topological polar surface area (TPSA) is 61.4 Å². The number of halogens is 2. The lowest BCUT2D eigenvalue weighted by atomic mass is 9.93. The van der Waals surface area contributed by atoms with Crippen molar-refractivity contribution in [2.24, 2.45) is 0 Å². The lowest BCUT2D eigenvalue weighted by molar-refractivity contribution is 0.118. The zero-order valence-electron chi connectivity index (χ0n) is 10.3. The minimum atomic E-state index is -0.300. The molecule has 0 radical (unpaired) electrons. The van der Waals surface area contributed by atoms with E-state index < -0.39 is 0 Å². The molecule has 1 saturated carbocycles. The van der Waals surface area contributed by atoms with Crippen LogP contribution < -0.4 is 10.6 Å². The van der Waals surface area contributed by atoms with Gasteiger partial charge in [-0.1, -0.05) is 29.3 Å². The smallest absolute Gasteiger partial charge is 0.319 e. The Morgan fingerprint density at radius 3 is 2.58 bits per heavy atom. The van der Waals surface area contributed by atoms with Crippen LogP contribution in [0, 0.1) is 0 Å². The summed E-state index contributed by atoms with van der Waals surface area (Å²) in [6.45, 7) is 0. The molecular weight excluding hydrogens is 287 g/mol. The van der Waals surface area contributed by atoms with Gasteiger partial charge in [-0.05, 0) is 37.8 Å². The van der Waals surface area contributed by atoms with Crippen molar-refractivity contribution in [1.29, 1.82) is 0 Å². The van der Waals surface area contributed by atoms with E-state index in [9.17, 15) is 9.90 Å². The van der Waals surface area contributed by atoms with Gasteiger partial charge in [-0.2, -0.15) is 0 Å². The molecule has 0 spiro atoms. The molecule has 0 saturated heterocycles. The third-order valence-electron chi connectivity index (χ3n) is 3.23. The Labute approximate surface area is 122 Å². The van der Waals surface area contributed by atoms with Gasteiger partial charge in [0.25, 0.3) is 0 Å². The van der Waals surface area contributed by atoms with E-state index in [2.05, 4.69) is 10.6 Å². The van der Waals surface area contributed by atoms with E-state index in [0.717, 1.165) is 25.7 Å². The van der Waals surface area contributed by atoms with Crippen molar-refractivity contribution < 1.29 is 9.90 Å². The first-order chi connectivity index (χ1) is 9.06. The van der Waals surface area contributed by atoms with Gasteiger partial charge in [0.2, 0.25) is 0 Å². The van der Waals surface area contributed by atoms with Gasteiger partial charge < -0.3 is 15.7 Å². The Morgan fingerprint density at radius 1 is 1.21 bits per heavy atom. The highest BCUT2D eigenvalue weighted by atomic mass is 35.5. The van der Waals surface area contributed by atoms with Crippen molar-refractivity contribution in [3.63, 3.8) is 0 Å². The number of amides is 2. The molecule has 0 heterocycles. The molecule has 0 unspecified atom stereocenters. The molecule has 0 bridgehead atoms. The number of aliphatic hydroxyl groups excluding tert-OH is 1. The second-order valence-corrected chi connectivity index (χ2v) is 5.49. The largest absolute Gasteiger partial charge is 0.393 e. The van der Waals surface area contributed by atoms with Gasteiger partial charge in [-0.25, -0.2) is 4.79 Å². The predicted octanol–water partition coefficient (Wildman–Crippen LogP) is 3.42. The van der Waals surface area contributed by atoms with Gasteiger partial charge in [0, 0.05) is 6.04 Å². The highest BCUT2D eigenvalue weighted by molar-refractivity contribution is 6.43. The third kappa shape index (κ3) is 4.00. The fourth-order valence-corrected chi connectivity index (χ4v) is 2.51. The van der Waals surface area contributed by atoms with Gasteiger partial charge >= 0.3 is 6.03 Å². The number of aliphatic hydroxyl groups is 1. The number of benzene rings is 1. The standard InChI is InChI=1S/C13H16Cl2N2O2/c14-10-2-1-3-11(12(10)15)17-13(19)16-8-4-6-9(18)7-5-8/h1-3,8-9,18H,4-7H2,(H2,16,17,19). The first-order valence-corrected chi connectivity index (χ1v) is 7.01. The molecule has 1 aliphatic rings. The molecule has 3 N–H and O–H groups in total. The zero-order valence-corrected chi connectivity index (χ0v) is 11.8. The molecule has 2 amide bonds. The van der Waals surface area contributed by atoms with E-state index in [1.807, 2.05) is 0 Å². The number of nitrogens with one attached hydrogen (secondary N) is 2. The molecule has 0 atom stereocenters. The van der Waals surface area contributed by atoms with Crippen LogP contribution in [0.25, 0.3) is 0 Å². The van der Waals surface area contributed by atoms with Gasteiger partial charge in [0.1, 0.15) is 0 Å². The minimum absolute atomic E-state index is 0.0985. The molecule has 0 aliphatic heterocycles. The monoisotopic (exact) mass is 302 g/mol. The van der Waals surface area contributed by atoms with Crippen molar-refractivity contribution >= 4 is 34.9 Å². The third-order valence-corrected chi connectivity index (χ3v) is 4.05. The number of rotatable bonds is 2. The summed E-state index contributed by atoms with van der Waals surface area (Å²) in [6.07, 6.45) is 2.80. The molecule has 104 valence electrons. The predicted molar refractivity (Wildman–Crippen MR) is 76.9 cm³/mol.